The molecule has 0 unspecified atom stereocenters. The zero-order valence-corrected chi connectivity index (χ0v) is 17.5. The van der Waals surface area contributed by atoms with Gasteiger partial charge in [0, 0.05) is 17.7 Å². The van der Waals surface area contributed by atoms with Crippen LogP contribution in [0.5, 0.6) is 5.75 Å². The van der Waals surface area contributed by atoms with Crippen LogP contribution in [0.15, 0.2) is 102 Å². The molecule has 0 aliphatic carbocycles. The van der Waals surface area contributed by atoms with Crippen molar-refractivity contribution in [3.05, 3.63) is 108 Å². The molecule has 1 N–H and O–H groups in total. The largest absolute Gasteiger partial charge is 0.492 e. The number of carbonyl (C=O) groups is 1. The number of nitrogens with one attached hydrogen (secondary N) is 1. The molecule has 5 nitrogen and oxygen atoms in total. The van der Waals surface area contributed by atoms with Gasteiger partial charge < -0.3 is 4.74 Å². The van der Waals surface area contributed by atoms with Crippen LogP contribution < -0.4 is 9.46 Å². The first-order valence-corrected chi connectivity index (χ1v) is 11.3. The van der Waals surface area contributed by atoms with Crippen molar-refractivity contribution < 1.29 is 17.9 Å². The second-order valence-electron chi connectivity index (χ2n) is 6.97. The van der Waals surface area contributed by atoms with Gasteiger partial charge in [0.2, 0.25) is 10.0 Å². The average molecular weight is 432 g/mol. The molecule has 4 aromatic rings. The van der Waals surface area contributed by atoms with Crippen molar-refractivity contribution in [1.29, 1.82) is 0 Å². The maximum absolute atomic E-state index is 12.5. The van der Waals surface area contributed by atoms with E-state index in [0.29, 0.717) is 16.9 Å². The van der Waals surface area contributed by atoms with Crippen LogP contribution in [-0.4, -0.2) is 27.4 Å². The zero-order valence-electron chi connectivity index (χ0n) is 16.7. The highest BCUT2D eigenvalue weighted by atomic mass is 32.2. The first-order chi connectivity index (χ1) is 15.0. The van der Waals surface area contributed by atoms with E-state index in [9.17, 15) is 13.2 Å². The molecule has 0 saturated carbocycles. The van der Waals surface area contributed by atoms with E-state index in [-0.39, 0.29) is 23.8 Å². The Hall–Kier alpha value is -3.48. The fraction of sp³-hybridized carbons (Fsp3) is 0.0800. The van der Waals surface area contributed by atoms with Gasteiger partial charge in [0.05, 0.1) is 4.90 Å². The quantitative estimate of drug-likeness (QED) is 0.331. The standard InChI is InChI=1S/C25H21NO4S/c27-25(20-7-2-1-3-8-20)21-10-13-23(14-11-21)30-17-16-26-31(28,29)24-15-12-19-6-4-5-9-22(19)18-24/h1-15,18,26H,16-17H2. The predicted molar refractivity (Wildman–Crippen MR) is 121 cm³/mol. The number of sulfonamides is 1. The highest BCUT2D eigenvalue weighted by molar-refractivity contribution is 7.89. The minimum absolute atomic E-state index is 0.0599. The second-order valence-corrected chi connectivity index (χ2v) is 8.74. The van der Waals surface area contributed by atoms with Crippen molar-refractivity contribution >= 4 is 26.6 Å². The summed E-state index contributed by atoms with van der Waals surface area (Å²) < 4.78 is 33.2. The number of carbonyl (C=O) groups excluding carboxylic acids is 1. The number of hydrogen-bond donors (Lipinski definition) is 1. The molecule has 0 saturated heterocycles. The fourth-order valence-corrected chi connectivity index (χ4v) is 4.27. The summed E-state index contributed by atoms with van der Waals surface area (Å²) in [6.07, 6.45) is 0. The molecule has 156 valence electrons. The molecule has 0 heterocycles. The third kappa shape index (κ3) is 4.99. The summed E-state index contributed by atoms with van der Waals surface area (Å²) in [6, 6.07) is 28.5. The summed E-state index contributed by atoms with van der Waals surface area (Å²) in [4.78, 5) is 12.6. The summed E-state index contributed by atoms with van der Waals surface area (Å²) in [5.74, 6) is 0.504. The predicted octanol–water partition coefficient (Wildman–Crippen LogP) is 4.43. The maximum Gasteiger partial charge on any atom is 0.240 e. The van der Waals surface area contributed by atoms with Crippen LogP contribution in [0.25, 0.3) is 10.8 Å². The lowest BCUT2D eigenvalue weighted by Gasteiger charge is -2.10. The molecule has 6 heteroatoms. The molecule has 0 amide bonds. The third-order valence-corrected chi connectivity index (χ3v) is 6.31. The van der Waals surface area contributed by atoms with Crippen LogP contribution in [0, 0.1) is 0 Å². The molecule has 0 radical (unpaired) electrons. The zero-order chi connectivity index (χ0) is 21.7. The van der Waals surface area contributed by atoms with E-state index >= 15 is 0 Å². The maximum atomic E-state index is 12.5. The third-order valence-electron chi connectivity index (χ3n) is 4.85. The van der Waals surface area contributed by atoms with Crippen molar-refractivity contribution in [1.82, 2.24) is 4.72 Å². The molecule has 31 heavy (non-hydrogen) atoms. The highest BCUT2D eigenvalue weighted by Crippen LogP contribution is 2.19. The number of fused-ring (bicyclic) bond motifs is 1. The lowest BCUT2D eigenvalue weighted by atomic mass is 10.0. The minimum atomic E-state index is -3.63. The van der Waals surface area contributed by atoms with E-state index in [2.05, 4.69) is 4.72 Å². The molecule has 0 aliphatic rings. The fourth-order valence-electron chi connectivity index (χ4n) is 3.22. The molecule has 0 atom stereocenters. The van der Waals surface area contributed by atoms with Crippen LogP contribution in [0.2, 0.25) is 0 Å². The number of rotatable bonds is 8. The van der Waals surface area contributed by atoms with Crippen LogP contribution >= 0.6 is 0 Å². The minimum Gasteiger partial charge on any atom is -0.492 e. The van der Waals surface area contributed by atoms with E-state index in [1.165, 1.54) is 0 Å². The summed E-state index contributed by atoms with van der Waals surface area (Å²) in [5, 5.41) is 1.85. The van der Waals surface area contributed by atoms with Crippen LogP contribution in [0.3, 0.4) is 0 Å². The molecule has 0 spiro atoms. The number of hydrogen-bond acceptors (Lipinski definition) is 4. The van der Waals surface area contributed by atoms with E-state index in [1.807, 2.05) is 42.5 Å². The van der Waals surface area contributed by atoms with Crippen LogP contribution in [0.4, 0.5) is 0 Å². The number of ketones is 1. The Balaban J connectivity index is 1.32. The SMILES string of the molecule is O=C(c1ccccc1)c1ccc(OCCNS(=O)(=O)c2ccc3ccccc3c2)cc1. The van der Waals surface area contributed by atoms with E-state index < -0.39 is 10.0 Å². The Kier molecular flexibility index (Phi) is 6.11. The smallest absolute Gasteiger partial charge is 0.240 e. The van der Waals surface area contributed by atoms with Crippen molar-refractivity contribution in [3.63, 3.8) is 0 Å². The molecule has 0 fully saturated rings. The first-order valence-electron chi connectivity index (χ1n) is 9.84. The number of ether oxygens (including phenoxy) is 1. The van der Waals surface area contributed by atoms with E-state index in [0.717, 1.165) is 10.8 Å². The van der Waals surface area contributed by atoms with Crippen molar-refractivity contribution in [3.8, 4) is 5.75 Å². The van der Waals surface area contributed by atoms with Gasteiger partial charge in [-0.1, -0.05) is 60.7 Å². The Labute approximate surface area is 181 Å². The van der Waals surface area contributed by atoms with Gasteiger partial charge in [0.15, 0.2) is 5.78 Å². The van der Waals surface area contributed by atoms with Gasteiger partial charge in [0.1, 0.15) is 12.4 Å². The Morgan fingerprint density at radius 2 is 1.39 bits per heavy atom. The Morgan fingerprint density at radius 1 is 0.742 bits per heavy atom. The normalized spacial score (nSPS) is 11.4. The molecule has 4 aromatic carbocycles. The summed E-state index contributed by atoms with van der Waals surface area (Å²) >= 11 is 0. The van der Waals surface area contributed by atoms with Gasteiger partial charge in [-0.2, -0.15) is 0 Å². The molecule has 0 aliphatic heterocycles. The van der Waals surface area contributed by atoms with Gasteiger partial charge in [0.25, 0.3) is 0 Å². The highest BCUT2D eigenvalue weighted by Gasteiger charge is 2.14. The van der Waals surface area contributed by atoms with Crippen molar-refractivity contribution in [2.45, 2.75) is 4.90 Å². The summed E-state index contributed by atoms with van der Waals surface area (Å²) in [7, 11) is -3.63. The van der Waals surface area contributed by atoms with Gasteiger partial charge in [-0.05, 0) is 47.2 Å². The van der Waals surface area contributed by atoms with Gasteiger partial charge in [-0.25, -0.2) is 13.1 Å². The van der Waals surface area contributed by atoms with E-state index in [4.69, 9.17) is 4.74 Å². The molecule has 0 bridgehead atoms. The van der Waals surface area contributed by atoms with Gasteiger partial charge in [-0.3, -0.25) is 4.79 Å². The monoisotopic (exact) mass is 431 g/mol. The summed E-state index contributed by atoms with van der Waals surface area (Å²) in [5.41, 5.74) is 1.19. The molecular formula is C25H21NO4S. The van der Waals surface area contributed by atoms with Crippen molar-refractivity contribution in [2.75, 3.05) is 13.2 Å². The van der Waals surface area contributed by atoms with Crippen molar-refractivity contribution in [2.24, 2.45) is 0 Å². The topological polar surface area (TPSA) is 72.5 Å². The number of benzene rings is 4. The van der Waals surface area contributed by atoms with E-state index in [1.54, 1.807) is 54.6 Å². The van der Waals surface area contributed by atoms with Crippen LogP contribution in [0.1, 0.15) is 15.9 Å². The van der Waals surface area contributed by atoms with Gasteiger partial charge in [-0.15, -0.1) is 0 Å². The molecule has 4 rings (SSSR count). The molecular weight excluding hydrogens is 410 g/mol. The van der Waals surface area contributed by atoms with Crippen LogP contribution in [-0.2, 0) is 10.0 Å². The Bertz CT molecular complexity index is 1300. The second kappa shape index (κ2) is 9.12. The van der Waals surface area contributed by atoms with Gasteiger partial charge >= 0.3 is 0 Å². The lowest BCUT2D eigenvalue weighted by molar-refractivity contribution is 0.103. The Morgan fingerprint density at radius 3 is 2.13 bits per heavy atom. The lowest BCUT2D eigenvalue weighted by Crippen LogP contribution is -2.28. The first kappa shape index (κ1) is 20.8. The molecule has 0 aromatic heterocycles. The summed E-state index contributed by atoms with van der Waals surface area (Å²) in [6.45, 7) is 0.290. The average Bonchev–Trinajstić information content (AvgIpc) is 2.82.